The smallest absolute Gasteiger partial charge is 0.327 e. The highest BCUT2D eigenvalue weighted by molar-refractivity contribution is 7.89. The van der Waals surface area contributed by atoms with Gasteiger partial charge in [-0.05, 0) is 47.6 Å². The number of rotatable bonds is 9. The van der Waals surface area contributed by atoms with Crippen LogP contribution in [-0.2, 0) is 32.6 Å². The summed E-state index contributed by atoms with van der Waals surface area (Å²) in [4.78, 5) is 25.7. The molecule has 0 radical (unpaired) electrons. The summed E-state index contributed by atoms with van der Waals surface area (Å²) in [6.45, 7) is 6.30. The van der Waals surface area contributed by atoms with E-state index < -0.39 is 34.0 Å². The fourth-order valence-corrected chi connectivity index (χ4v) is 5.70. The van der Waals surface area contributed by atoms with E-state index in [-0.39, 0.29) is 17.2 Å². The molecule has 1 amide bonds. The van der Waals surface area contributed by atoms with Crippen LogP contribution in [0, 0.1) is 0 Å². The summed E-state index contributed by atoms with van der Waals surface area (Å²) in [7, 11) is -4.38. The summed E-state index contributed by atoms with van der Waals surface area (Å²) >= 11 is 0. The van der Waals surface area contributed by atoms with Crippen LogP contribution in [0.2, 0.25) is 0 Å². The average molecular weight is 473 g/mol. The van der Waals surface area contributed by atoms with Crippen LogP contribution in [0.4, 0.5) is 0 Å². The SMILES string of the molecule is CCCC[C@@H](C(=O)O)N(C(=O)[C@@H]1Cc2ccccc2CN1)S(=O)(=O)c1ccc(C(C)C)cc1. The summed E-state index contributed by atoms with van der Waals surface area (Å²) in [6, 6.07) is 11.7. The number of aliphatic carboxylic acids is 1. The van der Waals surface area contributed by atoms with Gasteiger partial charge in [0, 0.05) is 6.54 Å². The molecule has 2 aromatic rings. The zero-order chi connectivity index (χ0) is 24.2. The van der Waals surface area contributed by atoms with E-state index >= 15 is 0 Å². The molecule has 1 aliphatic heterocycles. The molecule has 0 bridgehead atoms. The molecule has 1 heterocycles. The molecule has 0 unspecified atom stereocenters. The minimum Gasteiger partial charge on any atom is -0.480 e. The third-order valence-electron chi connectivity index (χ3n) is 6.10. The van der Waals surface area contributed by atoms with Gasteiger partial charge in [0.05, 0.1) is 10.9 Å². The Morgan fingerprint density at radius 3 is 2.30 bits per heavy atom. The van der Waals surface area contributed by atoms with Crippen molar-refractivity contribution < 1.29 is 23.1 Å². The average Bonchev–Trinajstić information content (AvgIpc) is 2.80. The molecule has 0 saturated heterocycles. The van der Waals surface area contributed by atoms with Crippen molar-refractivity contribution in [1.82, 2.24) is 9.62 Å². The van der Waals surface area contributed by atoms with Gasteiger partial charge in [0.15, 0.2) is 0 Å². The summed E-state index contributed by atoms with van der Waals surface area (Å²) in [5, 5.41) is 13.0. The highest BCUT2D eigenvalue weighted by atomic mass is 32.2. The number of carbonyl (C=O) groups is 2. The lowest BCUT2D eigenvalue weighted by atomic mass is 9.95. The van der Waals surface area contributed by atoms with Gasteiger partial charge in [-0.15, -0.1) is 0 Å². The molecule has 3 rings (SSSR count). The van der Waals surface area contributed by atoms with Crippen molar-refractivity contribution in [2.24, 2.45) is 0 Å². The molecule has 0 spiro atoms. The normalized spacial score (nSPS) is 16.8. The lowest BCUT2D eigenvalue weighted by Gasteiger charge is -2.33. The van der Waals surface area contributed by atoms with E-state index in [0.717, 1.165) is 16.7 Å². The highest BCUT2D eigenvalue weighted by Gasteiger charge is 2.42. The number of carboxylic acid groups (broad SMARTS) is 1. The van der Waals surface area contributed by atoms with Crippen molar-refractivity contribution in [3.8, 4) is 0 Å². The summed E-state index contributed by atoms with van der Waals surface area (Å²) in [6.07, 6.45) is 1.53. The summed E-state index contributed by atoms with van der Waals surface area (Å²) in [5.74, 6) is -1.85. The summed E-state index contributed by atoms with van der Waals surface area (Å²) in [5.41, 5.74) is 2.95. The zero-order valence-electron chi connectivity index (χ0n) is 19.3. The predicted molar refractivity (Wildman–Crippen MR) is 126 cm³/mol. The maximum Gasteiger partial charge on any atom is 0.327 e. The van der Waals surface area contributed by atoms with E-state index in [2.05, 4.69) is 5.32 Å². The van der Waals surface area contributed by atoms with E-state index in [1.807, 2.05) is 45.0 Å². The van der Waals surface area contributed by atoms with E-state index in [1.54, 1.807) is 12.1 Å². The van der Waals surface area contributed by atoms with Crippen molar-refractivity contribution >= 4 is 21.9 Å². The first kappa shape index (κ1) is 24.9. The molecular formula is C25H32N2O5S. The quantitative estimate of drug-likeness (QED) is 0.577. The maximum absolute atomic E-state index is 13.7. The maximum atomic E-state index is 13.7. The molecule has 0 aliphatic carbocycles. The van der Waals surface area contributed by atoms with Gasteiger partial charge in [0.25, 0.3) is 15.9 Å². The number of hydrogen-bond acceptors (Lipinski definition) is 5. The Morgan fingerprint density at radius 2 is 1.73 bits per heavy atom. The second-order valence-corrected chi connectivity index (χ2v) is 10.6. The molecule has 0 saturated carbocycles. The van der Waals surface area contributed by atoms with Gasteiger partial charge in [-0.3, -0.25) is 4.79 Å². The molecule has 33 heavy (non-hydrogen) atoms. The molecular weight excluding hydrogens is 440 g/mol. The number of carboxylic acids is 1. The van der Waals surface area contributed by atoms with Gasteiger partial charge >= 0.3 is 5.97 Å². The molecule has 178 valence electrons. The number of nitrogens with one attached hydrogen (secondary N) is 1. The van der Waals surface area contributed by atoms with Crippen LogP contribution >= 0.6 is 0 Å². The van der Waals surface area contributed by atoms with Crippen molar-refractivity contribution in [3.05, 3.63) is 65.2 Å². The Kier molecular flexibility index (Phi) is 7.92. The van der Waals surface area contributed by atoms with Gasteiger partial charge in [-0.2, -0.15) is 0 Å². The van der Waals surface area contributed by atoms with Crippen LogP contribution in [0.25, 0.3) is 0 Å². The standard InChI is InChI=1S/C25H32N2O5S/c1-4-5-10-23(25(29)30)27(33(31,32)21-13-11-18(12-14-21)17(2)3)24(28)22-15-19-8-6-7-9-20(19)16-26-22/h6-9,11-14,17,22-23,26H,4-5,10,15-16H2,1-3H3,(H,29,30)/t22-,23-/m0/s1. The van der Waals surface area contributed by atoms with Crippen LogP contribution in [0.5, 0.6) is 0 Å². The van der Waals surface area contributed by atoms with Crippen LogP contribution in [0.3, 0.4) is 0 Å². The van der Waals surface area contributed by atoms with Gasteiger partial charge < -0.3 is 10.4 Å². The topological polar surface area (TPSA) is 104 Å². The van der Waals surface area contributed by atoms with E-state index in [4.69, 9.17) is 0 Å². The Balaban J connectivity index is 2.02. The van der Waals surface area contributed by atoms with Gasteiger partial charge in [0.1, 0.15) is 6.04 Å². The Morgan fingerprint density at radius 1 is 1.09 bits per heavy atom. The molecule has 1 aliphatic rings. The lowest BCUT2D eigenvalue weighted by Crippen LogP contribution is -2.56. The third kappa shape index (κ3) is 5.45. The fraction of sp³-hybridized carbons (Fsp3) is 0.440. The minimum absolute atomic E-state index is 0.0597. The number of fused-ring (bicyclic) bond motifs is 1. The molecule has 8 heteroatoms. The number of amides is 1. The van der Waals surface area contributed by atoms with E-state index in [9.17, 15) is 23.1 Å². The predicted octanol–water partition coefficient (Wildman–Crippen LogP) is 3.69. The first-order valence-electron chi connectivity index (χ1n) is 11.4. The molecule has 0 aromatic heterocycles. The Labute approximate surface area is 195 Å². The Hall–Kier alpha value is -2.71. The molecule has 2 aromatic carbocycles. The van der Waals surface area contributed by atoms with Gasteiger partial charge in [-0.25, -0.2) is 17.5 Å². The number of carbonyl (C=O) groups excluding carboxylic acids is 1. The van der Waals surface area contributed by atoms with Crippen molar-refractivity contribution in [2.45, 2.75) is 75.9 Å². The van der Waals surface area contributed by atoms with E-state index in [1.165, 1.54) is 12.1 Å². The number of sulfonamides is 1. The largest absolute Gasteiger partial charge is 0.480 e. The van der Waals surface area contributed by atoms with Crippen LogP contribution in [0.15, 0.2) is 53.4 Å². The number of nitrogens with zero attached hydrogens (tertiary/aromatic N) is 1. The second-order valence-electron chi connectivity index (χ2n) is 8.77. The lowest BCUT2D eigenvalue weighted by molar-refractivity contribution is -0.147. The van der Waals surface area contributed by atoms with Gasteiger partial charge in [0.2, 0.25) is 0 Å². The second kappa shape index (κ2) is 10.5. The van der Waals surface area contributed by atoms with E-state index in [0.29, 0.717) is 30.1 Å². The fourth-order valence-electron chi connectivity index (χ4n) is 4.10. The first-order chi connectivity index (χ1) is 15.7. The van der Waals surface area contributed by atoms with Gasteiger partial charge in [-0.1, -0.05) is 70.0 Å². The molecule has 0 fully saturated rings. The van der Waals surface area contributed by atoms with Crippen LogP contribution < -0.4 is 5.32 Å². The first-order valence-corrected chi connectivity index (χ1v) is 12.8. The third-order valence-corrected chi connectivity index (χ3v) is 7.92. The number of hydrogen-bond donors (Lipinski definition) is 2. The monoisotopic (exact) mass is 472 g/mol. The number of benzene rings is 2. The van der Waals surface area contributed by atoms with Crippen molar-refractivity contribution in [3.63, 3.8) is 0 Å². The highest BCUT2D eigenvalue weighted by Crippen LogP contribution is 2.26. The zero-order valence-corrected chi connectivity index (χ0v) is 20.1. The minimum atomic E-state index is -4.38. The van der Waals surface area contributed by atoms with Crippen molar-refractivity contribution in [1.29, 1.82) is 0 Å². The molecule has 2 atom stereocenters. The molecule has 2 N–H and O–H groups in total. The number of unbranched alkanes of at least 4 members (excludes halogenated alkanes) is 1. The Bertz CT molecular complexity index is 1100. The van der Waals surface area contributed by atoms with Crippen LogP contribution in [-0.4, -0.2) is 41.8 Å². The van der Waals surface area contributed by atoms with Crippen molar-refractivity contribution in [2.75, 3.05) is 0 Å². The summed E-state index contributed by atoms with van der Waals surface area (Å²) < 4.78 is 27.9. The van der Waals surface area contributed by atoms with Crippen LogP contribution in [0.1, 0.15) is 62.6 Å². The molecule has 7 nitrogen and oxygen atoms in total.